The molecule has 0 amide bonds. The van der Waals surface area contributed by atoms with Crippen molar-refractivity contribution < 1.29 is 4.39 Å². The van der Waals surface area contributed by atoms with Gasteiger partial charge in [-0.25, -0.2) is 4.39 Å². The second kappa shape index (κ2) is 4.19. The zero-order valence-electron chi connectivity index (χ0n) is 10.5. The molecule has 4 aromatic rings. The number of fused-ring (bicyclic) bond motifs is 6. The third-order valence-electron chi connectivity index (χ3n) is 3.77. The minimum Gasteiger partial charge on any atom is -0.207 e. The van der Waals surface area contributed by atoms with E-state index in [0.717, 1.165) is 32.3 Å². The molecule has 0 bridgehead atoms. The van der Waals surface area contributed by atoms with E-state index in [9.17, 15) is 4.39 Å². The molecule has 20 heavy (non-hydrogen) atoms. The number of benzene rings is 4. The summed E-state index contributed by atoms with van der Waals surface area (Å²) in [6, 6.07) is 18.9. The summed E-state index contributed by atoms with van der Waals surface area (Å²) in [6.07, 6.45) is 0. The van der Waals surface area contributed by atoms with Gasteiger partial charge in [-0.2, -0.15) is 0 Å². The predicted octanol–water partition coefficient (Wildman–Crippen LogP) is 5.94. The van der Waals surface area contributed by atoms with Crippen LogP contribution >= 0.6 is 11.6 Å². The Morgan fingerprint density at radius 3 is 2.10 bits per heavy atom. The second-order valence-corrected chi connectivity index (χ2v) is 5.31. The molecule has 0 atom stereocenters. The van der Waals surface area contributed by atoms with Crippen molar-refractivity contribution in [2.24, 2.45) is 0 Å². The first-order valence-corrected chi connectivity index (χ1v) is 6.82. The Labute approximate surface area is 120 Å². The van der Waals surface area contributed by atoms with E-state index in [1.807, 2.05) is 36.4 Å². The standard InChI is InChI=1S/C18H10ClF/c19-17-7-3-6-15-13-5-2-1-4-12(13)14-9-8-11(20)10-16(14)18(15)17/h1-10H. The largest absolute Gasteiger partial charge is 0.207 e. The number of rotatable bonds is 0. The monoisotopic (exact) mass is 280 g/mol. The van der Waals surface area contributed by atoms with Gasteiger partial charge in [-0.05, 0) is 45.1 Å². The lowest BCUT2D eigenvalue weighted by Crippen LogP contribution is -1.85. The molecule has 0 radical (unpaired) electrons. The van der Waals surface area contributed by atoms with Crippen LogP contribution in [-0.2, 0) is 0 Å². The van der Waals surface area contributed by atoms with Crippen molar-refractivity contribution in [2.75, 3.05) is 0 Å². The fourth-order valence-corrected chi connectivity index (χ4v) is 3.21. The van der Waals surface area contributed by atoms with Crippen molar-refractivity contribution in [2.45, 2.75) is 0 Å². The molecule has 0 aliphatic carbocycles. The summed E-state index contributed by atoms with van der Waals surface area (Å²) in [4.78, 5) is 0. The van der Waals surface area contributed by atoms with E-state index < -0.39 is 0 Å². The molecule has 4 rings (SSSR count). The van der Waals surface area contributed by atoms with Crippen LogP contribution in [0, 0.1) is 5.82 Å². The first-order chi connectivity index (χ1) is 9.75. The Morgan fingerprint density at radius 2 is 1.30 bits per heavy atom. The zero-order chi connectivity index (χ0) is 13.7. The maximum absolute atomic E-state index is 13.7. The van der Waals surface area contributed by atoms with Gasteiger partial charge in [0.25, 0.3) is 0 Å². The van der Waals surface area contributed by atoms with Crippen molar-refractivity contribution >= 4 is 43.9 Å². The van der Waals surface area contributed by atoms with Crippen LogP contribution in [0.5, 0.6) is 0 Å². The first kappa shape index (κ1) is 11.7. The fourth-order valence-electron chi connectivity index (χ4n) is 2.93. The molecule has 2 heteroatoms. The normalized spacial score (nSPS) is 11.5. The highest BCUT2D eigenvalue weighted by Crippen LogP contribution is 2.38. The molecule has 0 unspecified atom stereocenters. The summed E-state index contributed by atoms with van der Waals surface area (Å²) >= 11 is 6.37. The molecule has 0 saturated carbocycles. The van der Waals surface area contributed by atoms with Gasteiger partial charge in [-0.1, -0.05) is 54.1 Å². The Bertz CT molecular complexity index is 973. The second-order valence-electron chi connectivity index (χ2n) is 4.90. The van der Waals surface area contributed by atoms with E-state index in [0.29, 0.717) is 5.02 Å². The van der Waals surface area contributed by atoms with Gasteiger partial charge in [-0.15, -0.1) is 0 Å². The SMILES string of the molecule is Fc1ccc2c3ccccc3c3cccc(Cl)c3c2c1. The van der Waals surface area contributed by atoms with E-state index in [2.05, 4.69) is 12.1 Å². The van der Waals surface area contributed by atoms with Crippen LogP contribution < -0.4 is 0 Å². The van der Waals surface area contributed by atoms with Crippen molar-refractivity contribution in [1.82, 2.24) is 0 Å². The molecule has 0 aromatic heterocycles. The Balaban J connectivity index is 2.45. The molecule has 0 spiro atoms. The number of hydrogen-bond acceptors (Lipinski definition) is 0. The zero-order valence-corrected chi connectivity index (χ0v) is 11.3. The molecule has 0 nitrogen and oxygen atoms in total. The molecule has 0 aliphatic rings. The first-order valence-electron chi connectivity index (χ1n) is 6.44. The van der Waals surface area contributed by atoms with Gasteiger partial charge in [0.1, 0.15) is 5.82 Å². The van der Waals surface area contributed by atoms with E-state index in [1.165, 1.54) is 6.07 Å². The molecule has 0 fully saturated rings. The summed E-state index contributed by atoms with van der Waals surface area (Å²) < 4.78 is 13.7. The van der Waals surface area contributed by atoms with E-state index >= 15 is 0 Å². The summed E-state index contributed by atoms with van der Waals surface area (Å²) in [5, 5.41) is 6.80. The molecule has 0 saturated heterocycles. The molecular formula is C18H10ClF. The van der Waals surface area contributed by atoms with Gasteiger partial charge in [0.05, 0.1) is 0 Å². The van der Waals surface area contributed by atoms with Gasteiger partial charge >= 0.3 is 0 Å². The molecule has 96 valence electrons. The van der Waals surface area contributed by atoms with Gasteiger partial charge < -0.3 is 0 Å². The van der Waals surface area contributed by atoms with Gasteiger partial charge in [0, 0.05) is 10.4 Å². The molecular weight excluding hydrogens is 271 g/mol. The Kier molecular flexibility index (Phi) is 2.45. The van der Waals surface area contributed by atoms with Crippen LogP contribution in [0.1, 0.15) is 0 Å². The van der Waals surface area contributed by atoms with Crippen LogP contribution in [-0.4, -0.2) is 0 Å². The summed E-state index contributed by atoms with van der Waals surface area (Å²) in [6.45, 7) is 0. The van der Waals surface area contributed by atoms with Crippen molar-refractivity contribution in [1.29, 1.82) is 0 Å². The molecule has 0 heterocycles. The van der Waals surface area contributed by atoms with Crippen LogP contribution in [0.4, 0.5) is 4.39 Å². The Morgan fingerprint density at radius 1 is 0.650 bits per heavy atom. The smallest absolute Gasteiger partial charge is 0.123 e. The topological polar surface area (TPSA) is 0 Å². The quantitative estimate of drug-likeness (QED) is 0.350. The molecule has 4 aromatic carbocycles. The van der Waals surface area contributed by atoms with Crippen LogP contribution in [0.15, 0.2) is 60.7 Å². The fraction of sp³-hybridized carbons (Fsp3) is 0. The lowest BCUT2D eigenvalue weighted by molar-refractivity contribution is 0.630. The van der Waals surface area contributed by atoms with Crippen LogP contribution in [0.2, 0.25) is 5.02 Å². The van der Waals surface area contributed by atoms with Crippen LogP contribution in [0.25, 0.3) is 32.3 Å². The average molecular weight is 281 g/mol. The van der Waals surface area contributed by atoms with E-state index in [-0.39, 0.29) is 5.82 Å². The molecule has 0 N–H and O–H groups in total. The Hall–Kier alpha value is -2.12. The minimum absolute atomic E-state index is 0.242. The van der Waals surface area contributed by atoms with E-state index in [4.69, 9.17) is 11.6 Å². The average Bonchev–Trinajstić information content (AvgIpc) is 2.47. The summed E-state index contributed by atoms with van der Waals surface area (Å²) in [7, 11) is 0. The van der Waals surface area contributed by atoms with Gasteiger partial charge in [0.15, 0.2) is 0 Å². The summed E-state index contributed by atoms with van der Waals surface area (Å²) in [5.74, 6) is -0.242. The third kappa shape index (κ3) is 1.53. The highest BCUT2D eigenvalue weighted by molar-refractivity contribution is 6.40. The number of halogens is 2. The van der Waals surface area contributed by atoms with Gasteiger partial charge in [-0.3, -0.25) is 0 Å². The highest BCUT2D eigenvalue weighted by atomic mass is 35.5. The highest BCUT2D eigenvalue weighted by Gasteiger charge is 2.10. The predicted molar refractivity (Wildman–Crippen MR) is 83.9 cm³/mol. The summed E-state index contributed by atoms with van der Waals surface area (Å²) in [5.41, 5.74) is 0. The maximum atomic E-state index is 13.7. The minimum atomic E-state index is -0.242. The lowest BCUT2D eigenvalue weighted by Gasteiger charge is -2.11. The van der Waals surface area contributed by atoms with Crippen molar-refractivity contribution in [3.8, 4) is 0 Å². The van der Waals surface area contributed by atoms with Crippen LogP contribution in [0.3, 0.4) is 0 Å². The third-order valence-corrected chi connectivity index (χ3v) is 4.09. The van der Waals surface area contributed by atoms with Gasteiger partial charge in [0.2, 0.25) is 0 Å². The molecule has 0 aliphatic heterocycles. The van der Waals surface area contributed by atoms with Crippen molar-refractivity contribution in [3.05, 3.63) is 71.5 Å². The van der Waals surface area contributed by atoms with E-state index in [1.54, 1.807) is 6.07 Å². The maximum Gasteiger partial charge on any atom is 0.123 e. The van der Waals surface area contributed by atoms with Crippen molar-refractivity contribution in [3.63, 3.8) is 0 Å². The lowest BCUT2D eigenvalue weighted by atomic mass is 9.94. The number of hydrogen-bond donors (Lipinski definition) is 0.